The fourth-order valence-corrected chi connectivity index (χ4v) is 4.86. The van der Waals surface area contributed by atoms with Gasteiger partial charge < -0.3 is 15.4 Å². The molecule has 174 valence electrons. The second kappa shape index (κ2) is 13.4. The number of fused-ring (bicyclic) bond motifs is 1. The van der Waals surface area contributed by atoms with E-state index in [0.29, 0.717) is 16.9 Å². The normalized spacial score (nSPS) is 10.2. The molecule has 0 aliphatic rings. The van der Waals surface area contributed by atoms with E-state index in [2.05, 4.69) is 34.4 Å². The summed E-state index contributed by atoms with van der Waals surface area (Å²) in [4.78, 5) is 28.8. The SMILES string of the molecule is CCCC#CCCSc1nc2ccc(NC(=O)COCC(=O)Nc3cccc(C#N)c3)cc2s1. The lowest BCUT2D eigenvalue weighted by atomic mass is 10.2. The van der Waals surface area contributed by atoms with Gasteiger partial charge in [0.25, 0.3) is 0 Å². The number of thiazole rings is 1. The Bertz CT molecular complexity index is 1250. The summed E-state index contributed by atoms with van der Waals surface area (Å²) >= 11 is 3.26. The summed E-state index contributed by atoms with van der Waals surface area (Å²) in [5, 5.41) is 14.3. The molecule has 0 aliphatic heterocycles. The van der Waals surface area contributed by atoms with Gasteiger partial charge >= 0.3 is 0 Å². The number of nitrogens with one attached hydrogen (secondary N) is 2. The molecule has 2 amide bonds. The maximum Gasteiger partial charge on any atom is 0.250 e. The summed E-state index contributed by atoms with van der Waals surface area (Å²) in [6, 6.07) is 14.1. The maximum absolute atomic E-state index is 12.2. The zero-order chi connectivity index (χ0) is 24.2. The van der Waals surface area contributed by atoms with Crippen LogP contribution in [0.1, 0.15) is 31.7 Å². The largest absolute Gasteiger partial charge is 0.362 e. The summed E-state index contributed by atoms with van der Waals surface area (Å²) in [6.45, 7) is 1.58. The molecule has 0 atom stereocenters. The smallest absolute Gasteiger partial charge is 0.250 e. The number of ether oxygens (including phenoxy) is 1. The van der Waals surface area contributed by atoms with E-state index in [0.717, 1.165) is 39.6 Å². The molecular weight excluding hydrogens is 468 g/mol. The van der Waals surface area contributed by atoms with Gasteiger partial charge in [0, 0.05) is 30.0 Å². The first kappa shape index (κ1) is 25.3. The molecule has 0 saturated carbocycles. The number of aromatic nitrogens is 1. The zero-order valence-electron chi connectivity index (χ0n) is 18.7. The van der Waals surface area contributed by atoms with Crippen LogP contribution >= 0.6 is 23.1 Å². The van der Waals surface area contributed by atoms with Gasteiger partial charge in [-0.25, -0.2) is 4.98 Å². The number of thioether (sulfide) groups is 1. The molecule has 9 heteroatoms. The molecule has 2 aromatic carbocycles. The number of anilines is 2. The average molecular weight is 493 g/mol. The molecular formula is C25H24N4O3S2. The molecule has 0 saturated heterocycles. The fraction of sp³-hybridized carbons (Fsp3) is 0.280. The molecule has 3 rings (SSSR count). The number of nitrogens with zero attached hydrogens (tertiary/aromatic N) is 2. The third-order valence-corrected chi connectivity index (χ3v) is 6.51. The van der Waals surface area contributed by atoms with E-state index >= 15 is 0 Å². The second-order valence-electron chi connectivity index (χ2n) is 7.15. The van der Waals surface area contributed by atoms with Crippen molar-refractivity contribution < 1.29 is 14.3 Å². The number of benzene rings is 2. The van der Waals surface area contributed by atoms with Crippen LogP contribution in [0, 0.1) is 23.2 Å². The molecule has 0 unspecified atom stereocenters. The van der Waals surface area contributed by atoms with Crippen LogP contribution in [-0.4, -0.2) is 35.8 Å². The average Bonchev–Trinajstić information content (AvgIpc) is 3.23. The second-order valence-corrected chi connectivity index (χ2v) is 9.52. The van der Waals surface area contributed by atoms with Gasteiger partial charge in [0.1, 0.15) is 13.2 Å². The van der Waals surface area contributed by atoms with Crippen LogP contribution in [0.15, 0.2) is 46.8 Å². The van der Waals surface area contributed by atoms with Crippen LogP contribution in [0.25, 0.3) is 10.2 Å². The molecule has 1 aromatic heterocycles. The summed E-state index contributed by atoms with van der Waals surface area (Å²) < 4.78 is 7.18. The van der Waals surface area contributed by atoms with Gasteiger partial charge in [0.05, 0.1) is 21.8 Å². The molecule has 3 aromatic rings. The molecule has 0 bridgehead atoms. The van der Waals surface area contributed by atoms with Gasteiger partial charge in [0.15, 0.2) is 4.34 Å². The topological polar surface area (TPSA) is 104 Å². The van der Waals surface area contributed by atoms with Crippen molar-refractivity contribution in [3.8, 4) is 17.9 Å². The van der Waals surface area contributed by atoms with Gasteiger partial charge in [-0.05, 0) is 42.8 Å². The quantitative estimate of drug-likeness (QED) is 0.233. The van der Waals surface area contributed by atoms with Crippen molar-refractivity contribution in [2.24, 2.45) is 0 Å². The van der Waals surface area contributed by atoms with Crippen LogP contribution in [-0.2, 0) is 14.3 Å². The summed E-state index contributed by atoms with van der Waals surface area (Å²) in [5.41, 5.74) is 2.47. The predicted molar refractivity (Wildman–Crippen MR) is 137 cm³/mol. The molecule has 34 heavy (non-hydrogen) atoms. The lowest BCUT2D eigenvalue weighted by Gasteiger charge is -2.07. The lowest BCUT2D eigenvalue weighted by Crippen LogP contribution is -2.23. The number of carbonyl (C=O) groups excluding carboxylic acids is 2. The molecule has 2 N–H and O–H groups in total. The molecule has 0 spiro atoms. The van der Waals surface area contributed by atoms with Crippen molar-refractivity contribution in [1.82, 2.24) is 4.98 Å². The molecule has 7 nitrogen and oxygen atoms in total. The number of hydrogen-bond donors (Lipinski definition) is 2. The van der Waals surface area contributed by atoms with Crippen molar-refractivity contribution >= 4 is 56.5 Å². The Labute approximate surface area is 206 Å². The Morgan fingerprint density at radius 3 is 2.53 bits per heavy atom. The summed E-state index contributed by atoms with van der Waals surface area (Å²) in [7, 11) is 0. The minimum absolute atomic E-state index is 0.257. The third-order valence-electron chi connectivity index (χ3n) is 4.35. The van der Waals surface area contributed by atoms with Crippen molar-refractivity contribution in [2.45, 2.75) is 30.5 Å². The Balaban J connectivity index is 1.42. The maximum atomic E-state index is 12.2. The summed E-state index contributed by atoms with van der Waals surface area (Å²) in [5.74, 6) is 6.45. The summed E-state index contributed by atoms with van der Waals surface area (Å²) in [6.07, 6.45) is 2.86. The molecule has 0 fully saturated rings. The van der Waals surface area contributed by atoms with Crippen LogP contribution in [0.2, 0.25) is 0 Å². The van der Waals surface area contributed by atoms with Crippen LogP contribution in [0.4, 0.5) is 11.4 Å². The number of carbonyl (C=O) groups is 2. The third kappa shape index (κ3) is 8.20. The first-order chi connectivity index (χ1) is 16.6. The fourth-order valence-electron chi connectivity index (χ4n) is 2.83. The van der Waals surface area contributed by atoms with E-state index in [4.69, 9.17) is 10.00 Å². The number of hydrogen-bond acceptors (Lipinski definition) is 7. The van der Waals surface area contributed by atoms with Crippen LogP contribution in [0.5, 0.6) is 0 Å². The molecule has 0 aliphatic carbocycles. The standard InChI is InChI=1S/C25H24N4O3S2/c1-2-3-4-5-6-12-33-25-29-21-11-10-20(14-22(21)34-25)28-24(31)17-32-16-23(30)27-19-9-7-8-18(13-19)15-26/h7-11,13-14H,2-3,6,12,16-17H2,1H3,(H,27,30)(H,28,31). The minimum Gasteiger partial charge on any atom is -0.362 e. The first-order valence-electron chi connectivity index (χ1n) is 10.7. The predicted octanol–water partition coefficient (Wildman–Crippen LogP) is 5.05. The Hall–Kier alpha value is -3.37. The van der Waals surface area contributed by atoms with Crippen molar-refractivity contribution in [1.29, 1.82) is 5.26 Å². The van der Waals surface area contributed by atoms with Crippen molar-refractivity contribution in [3.05, 3.63) is 48.0 Å². The highest BCUT2D eigenvalue weighted by atomic mass is 32.2. The Morgan fingerprint density at radius 2 is 1.79 bits per heavy atom. The van der Waals surface area contributed by atoms with Crippen molar-refractivity contribution in [3.63, 3.8) is 0 Å². The van der Waals surface area contributed by atoms with E-state index in [9.17, 15) is 9.59 Å². The van der Waals surface area contributed by atoms with Gasteiger partial charge in [-0.2, -0.15) is 5.26 Å². The van der Waals surface area contributed by atoms with Gasteiger partial charge in [-0.1, -0.05) is 24.8 Å². The molecule has 0 radical (unpaired) electrons. The van der Waals surface area contributed by atoms with Crippen LogP contribution < -0.4 is 10.6 Å². The lowest BCUT2D eigenvalue weighted by molar-refractivity contribution is -0.125. The number of amides is 2. The highest BCUT2D eigenvalue weighted by Gasteiger charge is 2.09. The van der Waals surface area contributed by atoms with E-state index < -0.39 is 5.91 Å². The molecule has 1 heterocycles. The number of rotatable bonds is 10. The number of unbranched alkanes of at least 4 members (excludes halogenated alkanes) is 1. The van der Waals surface area contributed by atoms with Crippen LogP contribution in [0.3, 0.4) is 0 Å². The monoisotopic (exact) mass is 492 g/mol. The van der Waals surface area contributed by atoms with Crippen molar-refractivity contribution in [2.75, 3.05) is 29.6 Å². The van der Waals surface area contributed by atoms with E-state index in [-0.39, 0.29) is 19.1 Å². The van der Waals surface area contributed by atoms with Gasteiger partial charge in [-0.15, -0.1) is 23.2 Å². The van der Waals surface area contributed by atoms with Gasteiger partial charge in [0.2, 0.25) is 11.8 Å². The van der Waals surface area contributed by atoms with E-state index in [1.807, 2.05) is 18.2 Å². The minimum atomic E-state index is -0.407. The van der Waals surface area contributed by atoms with Gasteiger partial charge in [-0.3, -0.25) is 9.59 Å². The highest BCUT2D eigenvalue weighted by molar-refractivity contribution is 8.01. The Morgan fingerprint density at radius 1 is 1.06 bits per heavy atom. The number of nitriles is 1. The Kier molecular flexibility index (Phi) is 9.93. The van der Waals surface area contributed by atoms with E-state index in [1.165, 1.54) is 0 Å². The highest BCUT2D eigenvalue weighted by Crippen LogP contribution is 2.31. The first-order valence-corrected chi connectivity index (χ1v) is 12.5. The van der Waals surface area contributed by atoms with E-state index in [1.54, 1.807) is 53.4 Å². The zero-order valence-corrected chi connectivity index (χ0v) is 20.4.